The van der Waals surface area contributed by atoms with E-state index in [1.54, 1.807) is 6.07 Å². The minimum absolute atomic E-state index is 0.106. The lowest BCUT2D eigenvalue weighted by atomic mass is 10.1. The zero-order chi connectivity index (χ0) is 10.7. The normalized spacial score (nSPS) is 12.1. The summed E-state index contributed by atoms with van der Waals surface area (Å²) in [5, 5.41) is 10.6. The second kappa shape index (κ2) is 4.21. The van der Waals surface area contributed by atoms with E-state index in [0.29, 0.717) is 5.56 Å². The molecule has 1 aromatic rings. The van der Waals surface area contributed by atoms with Gasteiger partial charge in [0, 0.05) is 12.1 Å². The number of halogens is 1. The van der Waals surface area contributed by atoms with Crippen LogP contribution in [0.25, 0.3) is 0 Å². The van der Waals surface area contributed by atoms with Crippen LogP contribution in [0.3, 0.4) is 0 Å². The molecule has 0 amide bonds. The highest BCUT2D eigenvalue weighted by molar-refractivity contribution is 6.32. The number of hydrogen-bond donors (Lipinski definition) is 1. The van der Waals surface area contributed by atoms with Crippen molar-refractivity contribution in [3.05, 3.63) is 51.6 Å². The van der Waals surface area contributed by atoms with Crippen molar-refractivity contribution in [3.8, 4) is 0 Å². The standard InChI is InChI=1S/C9H9ClN2O2/c1-2-8(11)6-3-4-7(10)9(5-6)12(13)14/h2-5,8H,1,11H2/t8-/m1/s1. The highest BCUT2D eigenvalue weighted by Crippen LogP contribution is 2.27. The van der Waals surface area contributed by atoms with E-state index in [-0.39, 0.29) is 10.7 Å². The summed E-state index contributed by atoms with van der Waals surface area (Å²) in [6.45, 7) is 3.51. The molecule has 0 aliphatic heterocycles. The predicted molar refractivity (Wildman–Crippen MR) is 55.2 cm³/mol. The van der Waals surface area contributed by atoms with E-state index < -0.39 is 11.0 Å². The first kappa shape index (κ1) is 10.7. The summed E-state index contributed by atoms with van der Waals surface area (Å²) in [5.41, 5.74) is 6.11. The van der Waals surface area contributed by atoms with E-state index >= 15 is 0 Å². The molecule has 2 N–H and O–H groups in total. The van der Waals surface area contributed by atoms with Gasteiger partial charge in [0.15, 0.2) is 0 Å². The van der Waals surface area contributed by atoms with Crippen LogP contribution in [-0.4, -0.2) is 4.92 Å². The van der Waals surface area contributed by atoms with Crippen LogP contribution < -0.4 is 5.73 Å². The first-order chi connectivity index (χ1) is 6.56. The van der Waals surface area contributed by atoms with Crippen molar-refractivity contribution in [2.24, 2.45) is 5.73 Å². The van der Waals surface area contributed by atoms with Crippen molar-refractivity contribution in [3.63, 3.8) is 0 Å². The molecule has 0 saturated carbocycles. The fraction of sp³-hybridized carbons (Fsp3) is 0.111. The molecule has 0 aromatic heterocycles. The van der Waals surface area contributed by atoms with Gasteiger partial charge in [-0.15, -0.1) is 6.58 Å². The third-order valence-corrected chi connectivity index (χ3v) is 2.13. The van der Waals surface area contributed by atoms with Crippen LogP contribution in [0.5, 0.6) is 0 Å². The second-order valence-electron chi connectivity index (χ2n) is 2.73. The molecular weight excluding hydrogens is 204 g/mol. The average molecular weight is 213 g/mol. The molecule has 0 unspecified atom stereocenters. The molecule has 1 rings (SSSR count). The third kappa shape index (κ3) is 2.10. The zero-order valence-corrected chi connectivity index (χ0v) is 8.07. The smallest absolute Gasteiger partial charge is 0.288 e. The van der Waals surface area contributed by atoms with E-state index in [2.05, 4.69) is 6.58 Å². The van der Waals surface area contributed by atoms with Crippen LogP contribution in [0.15, 0.2) is 30.9 Å². The van der Waals surface area contributed by atoms with Gasteiger partial charge in [-0.25, -0.2) is 0 Å². The lowest BCUT2D eigenvalue weighted by Gasteiger charge is -2.06. The molecule has 4 nitrogen and oxygen atoms in total. The maximum Gasteiger partial charge on any atom is 0.288 e. The largest absolute Gasteiger partial charge is 0.321 e. The van der Waals surface area contributed by atoms with Crippen molar-refractivity contribution < 1.29 is 4.92 Å². The Labute approximate surface area is 86.1 Å². The minimum Gasteiger partial charge on any atom is -0.321 e. The maximum atomic E-state index is 10.5. The Bertz CT molecular complexity index is 379. The Morgan fingerprint density at radius 2 is 2.29 bits per heavy atom. The van der Waals surface area contributed by atoms with Crippen molar-refractivity contribution in [2.75, 3.05) is 0 Å². The Morgan fingerprint density at radius 1 is 1.64 bits per heavy atom. The maximum absolute atomic E-state index is 10.5. The van der Waals surface area contributed by atoms with Gasteiger partial charge < -0.3 is 5.73 Å². The summed E-state index contributed by atoms with van der Waals surface area (Å²) in [6.07, 6.45) is 1.51. The lowest BCUT2D eigenvalue weighted by molar-refractivity contribution is -0.384. The van der Waals surface area contributed by atoms with E-state index in [0.717, 1.165) is 0 Å². The highest BCUT2D eigenvalue weighted by Gasteiger charge is 2.14. The molecule has 1 aromatic carbocycles. The number of hydrogen-bond acceptors (Lipinski definition) is 3. The quantitative estimate of drug-likeness (QED) is 0.475. The Balaban J connectivity index is 3.19. The average Bonchev–Trinajstić information content (AvgIpc) is 2.17. The first-order valence-electron chi connectivity index (χ1n) is 3.88. The van der Waals surface area contributed by atoms with Gasteiger partial charge in [-0.1, -0.05) is 23.7 Å². The van der Waals surface area contributed by atoms with Crippen LogP contribution in [0.1, 0.15) is 11.6 Å². The summed E-state index contributed by atoms with van der Waals surface area (Å²) >= 11 is 5.63. The molecule has 0 aliphatic carbocycles. The summed E-state index contributed by atoms with van der Waals surface area (Å²) in [6, 6.07) is 4.04. The molecule has 14 heavy (non-hydrogen) atoms. The van der Waals surface area contributed by atoms with Crippen molar-refractivity contribution in [1.82, 2.24) is 0 Å². The summed E-state index contributed by atoms with van der Waals surface area (Å²) in [4.78, 5) is 10.00. The molecule has 74 valence electrons. The Kier molecular flexibility index (Phi) is 3.22. The molecule has 0 heterocycles. The van der Waals surface area contributed by atoms with Gasteiger partial charge >= 0.3 is 0 Å². The number of rotatable bonds is 3. The van der Waals surface area contributed by atoms with E-state index in [4.69, 9.17) is 17.3 Å². The van der Waals surface area contributed by atoms with E-state index in [1.807, 2.05) is 0 Å². The summed E-state index contributed by atoms with van der Waals surface area (Å²) in [5.74, 6) is 0. The van der Waals surface area contributed by atoms with Crippen LogP contribution in [0.2, 0.25) is 5.02 Å². The van der Waals surface area contributed by atoms with Gasteiger partial charge in [0.2, 0.25) is 0 Å². The van der Waals surface area contributed by atoms with Crippen LogP contribution in [0.4, 0.5) is 5.69 Å². The molecule has 0 bridgehead atoms. The van der Waals surface area contributed by atoms with Crippen LogP contribution in [0, 0.1) is 10.1 Å². The predicted octanol–water partition coefficient (Wildman–Crippen LogP) is 2.43. The van der Waals surface area contributed by atoms with Crippen LogP contribution in [-0.2, 0) is 0 Å². The highest BCUT2D eigenvalue weighted by atomic mass is 35.5. The number of benzene rings is 1. The molecular formula is C9H9ClN2O2. The fourth-order valence-corrected chi connectivity index (χ4v) is 1.20. The number of nitro groups is 1. The lowest BCUT2D eigenvalue weighted by Crippen LogP contribution is -2.06. The molecule has 1 atom stereocenters. The van der Waals surface area contributed by atoms with Crippen molar-refractivity contribution >= 4 is 17.3 Å². The molecule has 0 saturated heterocycles. The van der Waals surface area contributed by atoms with Gasteiger partial charge in [-0.2, -0.15) is 0 Å². The SMILES string of the molecule is C=C[C@@H](N)c1ccc(Cl)c([N+](=O)[O-])c1. The number of nitrogens with two attached hydrogens (primary N) is 1. The molecule has 5 heteroatoms. The Hall–Kier alpha value is -1.39. The van der Waals surface area contributed by atoms with Gasteiger partial charge in [0.25, 0.3) is 5.69 Å². The number of nitro benzene ring substituents is 1. The van der Waals surface area contributed by atoms with Crippen LogP contribution >= 0.6 is 11.6 Å². The third-order valence-electron chi connectivity index (χ3n) is 1.81. The molecule has 0 spiro atoms. The van der Waals surface area contributed by atoms with E-state index in [9.17, 15) is 10.1 Å². The van der Waals surface area contributed by atoms with Crippen molar-refractivity contribution in [2.45, 2.75) is 6.04 Å². The first-order valence-corrected chi connectivity index (χ1v) is 4.26. The van der Waals surface area contributed by atoms with Crippen molar-refractivity contribution in [1.29, 1.82) is 0 Å². The monoisotopic (exact) mass is 212 g/mol. The van der Waals surface area contributed by atoms with Gasteiger partial charge in [0.05, 0.1) is 4.92 Å². The van der Waals surface area contributed by atoms with Gasteiger partial charge in [-0.05, 0) is 11.6 Å². The van der Waals surface area contributed by atoms with Gasteiger partial charge in [-0.3, -0.25) is 10.1 Å². The second-order valence-corrected chi connectivity index (χ2v) is 3.14. The topological polar surface area (TPSA) is 69.2 Å². The summed E-state index contributed by atoms with van der Waals surface area (Å²) < 4.78 is 0. The van der Waals surface area contributed by atoms with E-state index in [1.165, 1.54) is 18.2 Å². The minimum atomic E-state index is -0.540. The molecule has 0 aliphatic rings. The molecule has 0 radical (unpaired) electrons. The summed E-state index contributed by atoms with van der Waals surface area (Å²) in [7, 11) is 0. The Morgan fingerprint density at radius 3 is 2.79 bits per heavy atom. The zero-order valence-electron chi connectivity index (χ0n) is 7.31. The number of nitrogens with zero attached hydrogens (tertiary/aromatic N) is 1. The fourth-order valence-electron chi connectivity index (χ4n) is 1.01. The van der Waals surface area contributed by atoms with Gasteiger partial charge in [0.1, 0.15) is 5.02 Å². The molecule has 0 fully saturated rings.